The van der Waals surface area contributed by atoms with Gasteiger partial charge in [-0.15, -0.1) is 0 Å². The van der Waals surface area contributed by atoms with Crippen molar-refractivity contribution in [2.45, 2.75) is 101 Å². The largest absolute Gasteiger partial charge is 1.00 e. The van der Waals surface area contributed by atoms with Crippen LogP contribution in [0.15, 0.2) is 93.2 Å². The molecule has 0 saturated carbocycles. The normalized spacial score (nSPS) is 10.7. The summed E-state index contributed by atoms with van der Waals surface area (Å²) in [6.07, 6.45) is 0.426. The number of ether oxygens (including phenoxy) is 6. The van der Waals surface area contributed by atoms with Crippen LogP contribution in [0.4, 0.5) is 13.2 Å². The van der Waals surface area contributed by atoms with Crippen LogP contribution in [0.1, 0.15) is 76.9 Å². The van der Waals surface area contributed by atoms with E-state index in [9.17, 15) is 27.6 Å². The Morgan fingerprint density at radius 1 is 0.471 bits per heavy atom. The number of methoxy groups -OCH3 is 1. The molecule has 0 aliphatic carbocycles. The van der Waals surface area contributed by atoms with Crippen LogP contribution in [0.2, 0.25) is 0 Å². The molecule has 0 aliphatic rings. The summed E-state index contributed by atoms with van der Waals surface area (Å²) in [5.41, 5.74) is 7.06. The Morgan fingerprint density at radius 3 is 1.22 bits per heavy atom. The van der Waals surface area contributed by atoms with Crippen molar-refractivity contribution in [1.82, 2.24) is 39.9 Å². The molecule has 456 valence electrons. The predicted molar refractivity (Wildman–Crippen MR) is 322 cm³/mol. The number of H-pyrrole nitrogens is 3. The number of hydrogen-bond donors (Lipinski definition) is 4. The summed E-state index contributed by atoms with van der Waals surface area (Å²) < 4.78 is 73.6. The van der Waals surface area contributed by atoms with E-state index in [-0.39, 0.29) is 131 Å². The van der Waals surface area contributed by atoms with E-state index in [0.717, 1.165) is 58.2 Å². The van der Waals surface area contributed by atoms with E-state index in [0.29, 0.717) is 77.9 Å². The summed E-state index contributed by atoms with van der Waals surface area (Å²) in [6.45, 7) is 24.9. The van der Waals surface area contributed by atoms with Crippen LogP contribution in [-0.2, 0) is 14.2 Å². The van der Waals surface area contributed by atoms with Gasteiger partial charge in [0.2, 0.25) is 0 Å². The summed E-state index contributed by atoms with van der Waals surface area (Å²) in [4.78, 5) is 67.6. The van der Waals surface area contributed by atoms with Crippen molar-refractivity contribution in [2.24, 2.45) is 0 Å². The number of nitrogens with zero attached hydrogens (tertiary/aromatic N) is 5. The van der Waals surface area contributed by atoms with Gasteiger partial charge in [-0.1, -0.05) is 17.2 Å². The monoisotopic (exact) mass is 1220 g/mol. The van der Waals surface area contributed by atoms with Gasteiger partial charge in [-0.2, -0.15) is 7.11 Å². The van der Waals surface area contributed by atoms with E-state index in [1.165, 1.54) is 12.1 Å². The molecule has 0 aliphatic heterocycles. The first-order valence-corrected chi connectivity index (χ1v) is 27.3. The van der Waals surface area contributed by atoms with Gasteiger partial charge in [-0.05, 0) is 119 Å². The Kier molecular flexibility index (Phi) is 31.1. The molecule has 5 heterocycles. The fraction of sp³-hybridized carbons (Fsp3) is 0.365. The topological polar surface area (TPSA) is 262 Å². The molecule has 4 aromatic carbocycles. The van der Waals surface area contributed by atoms with Crippen LogP contribution in [0.3, 0.4) is 0 Å². The minimum Gasteiger partial charge on any atom is -1.00 e. The molecule has 0 atom stereocenters. The number of hydrogen-bond acceptors (Lipinski definition) is 16. The zero-order valence-corrected chi connectivity index (χ0v) is 56.4. The van der Waals surface area contributed by atoms with Crippen molar-refractivity contribution in [3.8, 4) is 51.4 Å². The molecule has 0 saturated heterocycles. The van der Waals surface area contributed by atoms with Crippen molar-refractivity contribution in [1.29, 1.82) is 0 Å². The number of rotatable bonds is 17. The molecular formula is C63H75F3N8Na2O11. The van der Waals surface area contributed by atoms with Gasteiger partial charge in [0.15, 0.2) is 0 Å². The van der Waals surface area contributed by atoms with E-state index in [4.69, 9.17) is 38.6 Å². The number of aliphatic hydroxyl groups is 1. The van der Waals surface area contributed by atoms with E-state index in [1.54, 1.807) is 19.2 Å². The van der Waals surface area contributed by atoms with Gasteiger partial charge in [-0.25, -0.2) is 28.1 Å². The fourth-order valence-corrected chi connectivity index (χ4v) is 8.57. The smallest absolute Gasteiger partial charge is 1.00 e. The minimum absolute atomic E-state index is 0. The number of benzene rings is 4. The first-order chi connectivity index (χ1) is 40.4. The van der Waals surface area contributed by atoms with Crippen LogP contribution < -0.4 is 95.1 Å². The van der Waals surface area contributed by atoms with Crippen molar-refractivity contribution >= 4 is 32.7 Å². The molecule has 0 fully saturated rings. The minimum atomic E-state index is -0.911. The third-order valence-corrected chi connectivity index (χ3v) is 11.8. The summed E-state index contributed by atoms with van der Waals surface area (Å²) in [6, 6.07) is 20.7. The molecule has 9 rings (SSSR count). The van der Waals surface area contributed by atoms with E-state index in [2.05, 4.69) is 39.9 Å². The zero-order valence-electron chi connectivity index (χ0n) is 53.4. The van der Waals surface area contributed by atoms with Crippen molar-refractivity contribution in [3.63, 3.8) is 0 Å². The average Bonchev–Trinajstić information content (AvgIpc) is 1.52. The van der Waals surface area contributed by atoms with Crippen LogP contribution in [-0.4, -0.2) is 117 Å². The molecule has 0 radical (unpaired) electrons. The van der Waals surface area contributed by atoms with Crippen molar-refractivity contribution in [2.75, 3.05) is 53.9 Å². The van der Waals surface area contributed by atoms with Gasteiger partial charge < -0.3 is 55.0 Å². The number of aryl methyl sites for hydroxylation is 6. The molecule has 0 unspecified atom stereocenters. The van der Waals surface area contributed by atoms with Crippen LogP contribution in [0.5, 0.6) is 17.2 Å². The second kappa shape index (κ2) is 36.2. The third kappa shape index (κ3) is 22.6. The molecule has 19 nitrogen and oxygen atoms in total. The number of aromatic nitrogens is 8. The quantitative estimate of drug-likeness (QED) is 0.0743. The summed E-state index contributed by atoms with van der Waals surface area (Å²) in [7, 11) is 2.32. The van der Waals surface area contributed by atoms with Crippen molar-refractivity contribution < 1.29 is 112 Å². The third-order valence-electron chi connectivity index (χ3n) is 11.8. The van der Waals surface area contributed by atoms with Gasteiger partial charge in [0.1, 0.15) is 81.5 Å². The zero-order chi connectivity index (χ0) is 62.7. The second-order valence-electron chi connectivity index (χ2n) is 20.2. The first-order valence-electron chi connectivity index (χ1n) is 27.3. The molecular weight excluding hydrogens is 1150 g/mol. The number of nitrogens with one attached hydrogen (secondary N) is 3. The number of fused-ring (bicyclic) bond motifs is 3. The number of aliphatic hydroxyl groups excluding tert-OH is 1. The number of aromatic amines is 3. The molecule has 24 heteroatoms. The standard InChI is InChI=1S/C21H25N3O4.C20H22FN3O3.C16H12F2N2O.C5H12O2.CH3O.2Na.H/c1-12(2)27-6-7-28-18-11-16(26-5)10-17-19(18)21(25)24-20(23-17)15-8-13(3)22-14(4)9-15;1-11(2)26-5-6-27-17-10-15(21)9-16-18(17)20(25)24-19(23-16)14-7-12(3)22-13(4)8-14;1-8-3-9(2)5-10(4-8)15-19-13-7-11(17)6-12(18)14(13)16(21)20-15;1-5(2)7-4-3-6;1-2;;;/h8-12H,6-7H2,1-5H3,(H,23,24,25);7-11H,5-6H2,1-4H3,(H,23,24,25);3-7H,1-2H3,(H,19,20,21);5-6H,3-4H2,1-2H3;1H3;;;/q;;;;-1;2*+1;-1. The van der Waals surface area contributed by atoms with Crippen molar-refractivity contribution in [3.05, 3.63) is 161 Å². The Labute approximate surface area is 548 Å². The number of pyridine rings is 2. The Hall–Kier alpha value is -6.41. The number of halogens is 3. The van der Waals surface area contributed by atoms with Gasteiger partial charge in [-0.3, -0.25) is 24.4 Å². The maximum Gasteiger partial charge on any atom is 1.00 e. The summed E-state index contributed by atoms with van der Waals surface area (Å²) in [5.74, 6) is 0.0874. The molecule has 0 spiro atoms. The van der Waals surface area contributed by atoms with Crippen LogP contribution in [0.25, 0.3) is 66.9 Å². The van der Waals surface area contributed by atoms with Gasteiger partial charge in [0.05, 0.1) is 68.4 Å². The average molecular weight is 1220 g/mol. The van der Waals surface area contributed by atoms with E-state index >= 15 is 0 Å². The molecule has 5 aromatic heterocycles. The van der Waals surface area contributed by atoms with E-state index < -0.39 is 23.0 Å². The van der Waals surface area contributed by atoms with Gasteiger partial charge in [0, 0.05) is 75.9 Å². The first kappa shape index (κ1) is 74.8. The Bertz CT molecular complexity index is 3850. The molecule has 0 bridgehead atoms. The molecule has 87 heavy (non-hydrogen) atoms. The van der Waals surface area contributed by atoms with Crippen LogP contribution in [0, 0.1) is 59.0 Å². The maximum atomic E-state index is 14.1. The Balaban J connectivity index is 0.000000417. The summed E-state index contributed by atoms with van der Waals surface area (Å²) in [5, 5.41) is 16.8. The molecule has 4 N–H and O–H groups in total. The fourth-order valence-electron chi connectivity index (χ4n) is 8.57. The van der Waals surface area contributed by atoms with E-state index in [1.807, 2.05) is 126 Å². The molecule has 9 aromatic rings. The summed E-state index contributed by atoms with van der Waals surface area (Å²) >= 11 is 0. The Morgan fingerprint density at radius 2 is 0.828 bits per heavy atom. The SMILES string of the molecule is CC(C)OCCO.COc1cc(OCCOC(C)C)c2c(=O)[nH]c(-c3cc(C)nc(C)c3)nc2c1.C[O-].Cc1cc(-c2nc3cc(F)cc(OCCOC(C)C)c3c(=O)[nH]2)cc(C)n1.Cc1cc(C)cc(-c2nc3cc(F)cc(F)c3c(=O)[nH]2)c1.[H-].[Na+].[Na+]. The predicted octanol–water partition coefficient (Wildman–Crippen LogP) is 3.95. The second-order valence-corrected chi connectivity index (χ2v) is 20.2. The van der Waals surface area contributed by atoms with Crippen LogP contribution >= 0.6 is 0 Å². The van der Waals surface area contributed by atoms with Gasteiger partial charge >= 0.3 is 59.1 Å². The maximum absolute atomic E-state index is 14.1. The van der Waals surface area contributed by atoms with Gasteiger partial charge in [0.25, 0.3) is 16.7 Å². The molecule has 0 amide bonds.